The summed E-state index contributed by atoms with van der Waals surface area (Å²) in [7, 11) is 1.58. The summed E-state index contributed by atoms with van der Waals surface area (Å²) >= 11 is 0. The van der Waals surface area contributed by atoms with E-state index in [9.17, 15) is 14.7 Å². The first kappa shape index (κ1) is 16.3. The Hall–Kier alpha value is -2.04. The number of nitrogens with zero attached hydrogens (tertiary/aromatic N) is 1. The van der Waals surface area contributed by atoms with Gasteiger partial charge in [0.1, 0.15) is 5.75 Å². The van der Waals surface area contributed by atoms with Gasteiger partial charge in [-0.2, -0.15) is 0 Å². The molecule has 120 valence electrons. The van der Waals surface area contributed by atoms with Gasteiger partial charge in [-0.15, -0.1) is 0 Å². The van der Waals surface area contributed by atoms with Crippen molar-refractivity contribution in [3.63, 3.8) is 0 Å². The fourth-order valence-electron chi connectivity index (χ4n) is 3.01. The fraction of sp³-hybridized carbons (Fsp3) is 0.529. The molecule has 1 amide bonds. The highest BCUT2D eigenvalue weighted by Gasteiger charge is 2.37. The second kappa shape index (κ2) is 7.29. The number of hydrogen-bond donors (Lipinski definition) is 0. The molecule has 1 aromatic rings. The van der Waals surface area contributed by atoms with Crippen LogP contribution in [0.5, 0.6) is 5.75 Å². The highest BCUT2D eigenvalue weighted by molar-refractivity contribution is 5.81. The summed E-state index contributed by atoms with van der Waals surface area (Å²) < 4.78 is 5.13. The first-order chi connectivity index (χ1) is 10.6. The van der Waals surface area contributed by atoms with Crippen molar-refractivity contribution in [1.29, 1.82) is 0 Å². The molecule has 2 atom stereocenters. The van der Waals surface area contributed by atoms with Crippen molar-refractivity contribution in [3.8, 4) is 5.75 Å². The largest absolute Gasteiger partial charge is 0.550 e. The smallest absolute Gasteiger partial charge is 0.223 e. The molecule has 0 spiro atoms. The number of carboxylic acid groups (broad SMARTS) is 1. The van der Waals surface area contributed by atoms with Gasteiger partial charge in [-0.05, 0) is 30.5 Å². The minimum absolute atomic E-state index is 0.0202. The lowest BCUT2D eigenvalue weighted by Gasteiger charge is -2.42. The molecule has 1 aliphatic heterocycles. The number of carbonyl (C=O) groups excluding carboxylic acids is 2. The molecule has 0 radical (unpaired) electrons. The molecule has 0 unspecified atom stereocenters. The van der Waals surface area contributed by atoms with E-state index in [1.165, 1.54) is 0 Å². The van der Waals surface area contributed by atoms with Crippen molar-refractivity contribution in [1.82, 2.24) is 4.90 Å². The molecule has 0 bridgehead atoms. The number of carbonyl (C=O) groups is 2. The van der Waals surface area contributed by atoms with Crippen LogP contribution in [0.3, 0.4) is 0 Å². The van der Waals surface area contributed by atoms with E-state index in [-0.39, 0.29) is 12.3 Å². The first-order valence-corrected chi connectivity index (χ1v) is 7.72. The van der Waals surface area contributed by atoms with Gasteiger partial charge in [0.05, 0.1) is 13.2 Å². The van der Waals surface area contributed by atoms with E-state index < -0.39 is 17.9 Å². The number of rotatable bonds is 6. The summed E-state index contributed by atoms with van der Waals surface area (Å²) in [5.74, 6) is -1.03. The number of benzene rings is 1. The van der Waals surface area contributed by atoms with Crippen LogP contribution in [-0.4, -0.2) is 30.4 Å². The molecule has 1 heterocycles. The number of aliphatic carboxylic acids is 1. The third-order valence-electron chi connectivity index (χ3n) is 4.22. The predicted octanol–water partition coefficient (Wildman–Crippen LogP) is 1.52. The number of methoxy groups -OCH3 is 1. The Morgan fingerprint density at radius 3 is 2.59 bits per heavy atom. The van der Waals surface area contributed by atoms with E-state index in [2.05, 4.69) is 0 Å². The third kappa shape index (κ3) is 3.40. The standard InChI is InChI=1S/C17H23NO4/c1-3-4-11-18-15(19)10-9-14(17(20)21)16(18)12-5-7-13(22-2)8-6-12/h5-8,14,16H,3-4,9-11H2,1-2H3,(H,20,21)/p-1/t14-,16-/m1/s1. The van der Waals surface area contributed by atoms with Gasteiger partial charge in [-0.1, -0.05) is 25.5 Å². The Labute approximate surface area is 130 Å². The number of ether oxygens (including phenoxy) is 1. The Morgan fingerprint density at radius 1 is 1.36 bits per heavy atom. The summed E-state index contributed by atoms with van der Waals surface area (Å²) in [4.78, 5) is 25.5. The average molecular weight is 304 g/mol. The molecule has 5 nitrogen and oxygen atoms in total. The van der Waals surface area contributed by atoms with Gasteiger partial charge in [0.25, 0.3) is 0 Å². The summed E-state index contributed by atoms with van der Waals surface area (Å²) in [6.07, 6.45) is 2.42. The number of amides is 1. The van der Waals surface area contributed by atoms with E-state index in [0.29, 0.717) is 18.7 Å². The number of hydrogen-bond acceptors (Lipinski definition) is 4. The average Bonchev–Trinajstić information content (AvgIpc) is 2.53. The molecule has 22 heavy (non-hydrogen) atoms. The second-order valence-electron chi connectivity index (χ2n) is 5.62. The quantitative estimate of drug-likeness (QED) is 0.799. The van der Waals surface area contributed by atoms with E-state index in [0.717, 1.165) is 18.4 Å². The Bertz CT molecular complexity index is 526. The zero-order valence-electron chi connectivity index (χ0n) is 13.1. The van der Waals surface area contributed by atoms with Crippen molar-refractivity contribution in [2.24, 2.45) is 5.92 Å². The van der Waals surface area contributed by atoms with E-state index in [4.69, 9.17) is 4.74 Å². The van der Waals surface area contributed by atoms with E-state index in [1.54, 1.807) is 24.1 Å². The maximum atomic E-state index is 12.3. The maximum absolute atomic E-state index is 12.3. The lowest BCUT2D eigenvalue weighted by atomic mass is 9.84. The Morgan fingerprint density at radius 2 is 2.05 bits per heavy atom. The van der Waals surface area contributed by atoms with Crippen LogP contribution in [0.1, 0.15) is 44.2 Å². The van der Waals surface area contributed by atoms with Gasteiger partial charge in [0.15, 0.2) is 0 Å². The molecule has 1 fully saturated rings. The van der Waals surface area contributed by atoms with Crippen LogP contribution < -0.4 is 9.84 Å². The minimum atomic E-state index is -1.09. The lowest BCUT2D eigenvalue weighted by molar-refractivity contribution is -0.314. The van der Waals surface area contributed by atoms with Gasteiger partial charge in [0, 0.05) is 24.9 Å². The second-order valence-corrected chi connectivity index (χ2v) is 5.62. The van der Waals surface area contributed by atoms with Crippen molar-refractivity contribution in [2.45, 2.75) is 38.6 Å². The zero-order chi connectivity index (χ0) is 16.1. The number of piperidine rings is 1. The van der Waals surface area contributed by atoms with Gasteiger partial charge in [0.2, 0.25) is 5.91 Å². The molecule has 1 aromatic carbocycles. The Kier molecular flexibility index (Phi) is 5.41. The molecule has 0 N–H and O–H groups in total. The van der Waals surface area contributed by atoms with Gasteiger partial charge >= 0.3 is 0 Å². The molecular formula is C17H22NO4-. The van der Waals surface area contributed by atoms with Crippen LogP contribution in [0.2, 0.25) is 0 Å². The molecule has 5 heteroatoms. The molecule has 1 saturated heterocycles. The third-order valence-corrected chi connectivity index (χ3v) is 4.22. The number of likely N-dealkylation sites (tertiary alicyclic amines) is 1. The van der Waals surface area contributed by atoms with Crippen molar-refractivity contribution >= 4 is 11.9 Å². The van der Waals surface area contributed by atoms with Gasteiger partial charge in [-0.25, -0.2) is 0 Å². The van der Waals surface area contributed by atoms with Gasteiger partial charge < -0.3 is 19.5 Å². The summed E-state index contributed by atoms with van der Waals surface area (Å²) in [5.41, 5.74) is 0.819. The zero-order valence-corrected chi connectivity index (χ0v) is 13.1. The number of unbranched alkanes of at least 4 members (excludes halogenated alkanes) is 1. The lowest BCUT2D eigenvalue weighted by Crippen LogP contribution is -2.49. The molecule has 1 aliphatic rings. The normalized spacial score (nSPS) is 21.7. The van der Waals surface area contributed by atoms with Gasteiger partial charge in [-0.3, -0.25) is 4.79 Å². The molecule has 0 saturated carbocycles. The highest BCUT2D eigenvalue weighted by Crippen LogP contribution is 2.37. The predicted molar refractivity (Wildman–Crippen MR) is 80.1 cm³/mol. The SMILES string of the molecule is CCCCN1C(=O)CC[C@@H](C(=O)[O-])[C@H]1c1ccc(OC)cc1. The fourth-order valence-corrected chi connectivity index (χ4v) is 3.01. The topological polar surface area (TPSA) is 69.7 Å². The summed E-state index contributed by atoms with van der Waals surface area (Å²) in [6, 6.07) is 6.79. The highest BCUT2D eigenvalue weighted by atomic mass is 16.5. The minimum Gasteiger partial charge on any atom is -0.550 e. The maximum Gasteiger partial charge on any atom is 0.223 e. The first-order valence-electron chi connectivity index (χ1n) is 7.72. The van der Waals surface area contributed by atoms with Crippen molar-refractivity contribution in [2.75, 3.05) is 13.7 Å². The van der Waals surface area contributed by atoms with Crippen LogP contribution in [0, 0.1) is 5.92 Å². The molecular weight excluding hydrogens is 282 g/mol. The van der Waals surface area contributed by atoms with Crippen molar-refractivity contribution < 1.29 is 19.4 Å². The van der Waals surface area contributed by atoms with Crippen LogP contribution in [-0.2, 0) is 9.59 Å². The molecule has 0 aliphatic carbocycles. The summed E-state index contributed by atoms with van der Waals surface area (Å²) in [6.45, 7) is 2.63. The van der Waals surface area contributed by atoms with Crippen LogP contribution in [0.4, 0.5) is 0 Å². The monoisotopic (exact) mass is 304 g/mol. The van der Waals surface area contributed by atoms with E-state index >= 15 is 0 Å². The molecule has 2 rings (SSSR count). The van der Waals surface area contributed by atoms with Crippen molar-refractivity contribution in [3.05, 3.63) is 29.8 Å². The number of carboxylic acids is 1. The molecule has 0 aromatic heterocycles. The van der Waals surface area contributed by atoms with Crippen LogP contribution in [0.25, 0.3) is 0 Å². The van der Waals surface area contributed by atoms with Crippen LogP contribution >= 0.6 is 0 Å². The Balaban J connectivity index is 2.34. The van der Waals surface area contributed by atoms with E-state index in [1.807, 2.05) is 19.1 Å². The van der Waals surface area contributed by atoms with Crippen LogP contribution in [0.15, 0.2) is 24.3 Å². The summed E-state index contributed by atoms with van der Waals surface area (Å²) in [5, 5.41) is 11.5.